The van der Waals surface area contributed by atoms with Crippen molar-refractivity contribution in [3.63, 3.8) is 0 Å². The van der Waals surface area contributed by atoms with E-state index < -0.39 is 11.7 Å². The number of aromatic amines is 1. The predicted octanol–water partition coefficient (Wildman–Crippen LogP) is 2.75. The van der Waals surface area contributed by atoms with Crippen LogP contribution in [0.4, 0.5) is 13.2 Å². The van der Waals surface area contributed by atoms with Crippen molar-refractivity contribution >= 4 is 10.9 Å². The Morgan fingerprint density at radius 3 is 2.78 bits per heavy atom. The Labute approximate surface area is 101 Å². The summed E-state index contributed by atoms with van der Waals surface area (Å²) in [5.74, 6) is 0. The molecule has 0 atom stereocenters. The maximum absolute atomic E-state index is 12.7. The lowest BCUT2D eigenvalue weighted by molar-refractivity contribution is -0.166. The summed E-state index contributed by atoms with van der Waals surface area (Å²) < 4.78 is 38.2. The van der Waals surface area contributed by atoms with Gasteiger partial charge in [-0.1, -0.05) is 0 Å². The SMILES string of the molecule is FC(F)(F)C1(NCc2cc3cnccc3[nH]2)CC1. The van der Waals surface area contributed by atoms with E-state index in [1.807, 2.05) is 6.07 Å². The lowest BCUT2D eigenvalue weighted by Crippen LogP contribution is -2.44. The van der Waals surface area contributed by atoms with Crippen LogP contribution in [0.2, 0.25) is 0 Å². The summed E-state index contributed by atoms with van der Waals surface area (Å²) in [6.45, 7) is 0.189. The monoisotopic (exact) mass is 255 g/mol. The Morgan fingerprint density at radius 2 is 2.17 bits per heavy atom. The third kappa shape index (κ3) is 1.86. The van der Waals surface area contributed by atoms with Gasteiger partial charge in [0.1, 0.15) is 5.54 Å². The van der Waals surface area contributed by atoms with Crippen molar-refractivity contribution in [3.05, 3.63) is 30.2 Å². The maximum atomic E-state index is 12.7. The van der Waals surface area contributed by atoms with E-state index >= 15 is 0 Å². The van der Waals surface area contributed by atoms with Crippen molar-refractivity contribution in [2.75, 3.05) is 0 Å². The Balaban J connectivity index is 1.74. The number of aromatic nitrogens is 2. The molecule has 6 heteroatoms. The Morgan fingerprint density at radius 1 is 1.39 bits per heavy atom. The number of halogens is 3. The summed E-state index contributed by atoms with van der Waals surface area (Å²) in [4.78, 5) is 7.04. The summed E-state index contributed by atoms with van der Waals surface area (Å²) in [5.41, 5.74) is -0.0325. The van der Waals surface area contributed by atoms with Crippen molar-refractivity contribution < 1.29 is 13.2 Å². The molecule has 3 rings (SSSR count). The number of nitrogens with zero attached hydrogens (tertiary/aromatic N) is 1. The van der Waals surface area contributed by atoms with E-state index in [1.165, 1.54) is 0 Å². The van der Waals surface area contributed by atoms with Crippen molar-refractivity contribution in [1.29, 1.82) is 0 Å². The topological polar surface area (TPSA) is 40.7 Å². The van der Waals surface area contributed by atoms with Crippen LogP contribution in [0.5, 0.6) is 0 Å². The molecule has 0 bridgehead atoms. The van der Waals surface area contributed by atoms with Crippen molar-refractivity contribution in [2.45, 2.75) is 31.1 Å². The molecule has 1 aliphatic rings. The van der Waals surface area contributed by atoms with Crippen LogP contribution in [0, 0.1) is 0 Å². The summed E-state index contributed by atoms with van der Waals surface area (Å²) in [7, 11) is 0. The molecular weight excluding hydrogens is 243 g/mol. The number of rotatable bonds is 3. The fraction of sp³-hybridized carbons (Fsp3) is 0.417. The number of nitrogens with one attached hydrogen (secondary N) is 2. The predicted molar refractivity (Wildman–Crippen MR) is 61.0 cm³/mol. The number of hydrogen-bond acceptors (Lipinski definition) is 2. The summed E-state index contributed by atoms with van der Waals surface area (Å²) in [6, 6.07) is 3.62. The quantitative estimate of drug-likeness (QED) is 0.885. The zero-order valence-electron chi connectivity index (χ0n) is 9.51. The number of fused-ring (bicyclic) bond motifs is 1. The van der Waals surface area contributed by atoms with Crippen LogP contribution >= 0.6 is 0 Å². The Hall–Kier alpha value is -1.56. The first kappa shape index (κ1) is 11.5. The van der Waals surface area contributed by atoms with Gasteiger partial charge in [-0.2, -0.15) is 13.2 Å². The van der Waals surface area contributed by atoms with Crippen LogP contribution in [0.15, 0.2) is 24.5 Å². The van der Waals surface area contributed by atoms with Gasteiger partial charge in [0.15, 0.2) is 0 Å². The summed E-state index contributed by atoms with van der Waals surface area (Å²) >= 11 is 0. The van der Waals surface area contributed by atoms with Crippen LogP contribution in [-0.4, -0.2) is 21.7 Å². The average molecular weight is 255 g/mol. The molecule has 2 aromatic rings. The van der Waals surface area contributed by atoms with E-state index in [0.717, 1.165) is 16.6 Å². The average Bonchev–Trinajstić information content (AvgIpc) is 3.00. The van der Waals surface area contributed by atoms with Crippen molar-refractivity contribution in [3.8, 4) is 0 Å². The molecule has 0 aromatic carbocycles. The lowest BCUT2D eigenvalue weighted by atomic mass is 10.2. The van der Waals surface area contributed by atoms with Crippen LogP contribution in [0.25, 0.3) is 10.9 Å². The van der Waals surface area contributed by atoms with Gasteiger partial charge in [-0.25, -0.2) is 0 Å². The molecule has 96 valence electrons. The van der Waals surface area contributed by atoms with Gasteiger partial charge < -0.3 is 4.98 Å². The molecule has 1 aliphatic carbocycles. The largest absolute Gasteiger partial charge is 0.406 e. The van der Waals surface area contributed by atoms with Crippen molar-refractivity contribution in [2.24, 2.45) is 0 Å². The molecule has 0 amide bonds. The van der Waals surface area contributed by atoms with E-state index in [4.69, 9.17) is 0 Å². The first-order valence-electron chi connectivity index (χ1n) is 5.74. The minimum absolute atomic E-state index is 0.165. The number of alkyl halides is 3. The number of hydrogen-bond donors (Lipinski definition) is 2. The standard InChI is InChI=1S/C12H12F3N3/c13-12(14,15)11(2-3-11)17-7-9-5-8-6-16-4-1-10(8)18-9/h1,4-6,17-18H,2-3,7H2. The smallest absolute Gasteiger partial charge is 0.357 e. The van der Waals surface area contributed by atoms with E-state index in [1.54, 1.807) is 18.5 Å². The van der Waals surface area contributed by atoms with Gasteiger partial charge in [-0.3, -0.25) is 10.3 Å². The highest BCUT2D eigenvalue weighted by Crippen LogP contribution is 2.49. The zero-order valence-corrected chi connectivity index (χ0v) is 9.51. The maximum Gasteiger partial charge on any atom is 0.406 e. The van der Waals surface area contributed by atoms with Gasteiger partial charge in [0.2, 0.25) is 0 Å². The Bertz CT molecular complexity index is 536. The molecule has 3 nitrogen and oxygen atoms in total. The minimum Gasteiger partial charge on any atom is -0.357 e. The van der Waals surface area contributed by atoms with Gasteiger partial charge in [-0.15, -0.1) is 0 Å². The molecule has 0 spiro atoms. The normalized spacial score (nSPS) is 18.2. The molecule has 1 fully saturated rings. The first-order chi connectivity index (χ1) is 8.50. The highest BCUT2D eigenvalue weighted by Gasteiger charge is 2.62. The molecule has 2 aromatic heterocycles. The van der Waals surface area contributed by atoms with E-state index in [2.05, 4.69) is 15.3 Å². The van der Waals surface area contributed by atoms with Crippen LogP contribution in [0.1, 0.15) is 18.5 Å². The fourth-order valence-corrected chi connectivity index (χ4v) is 2.08. The third-order valence-corrected chi connectivity index (χ3v) is 3.39. The fourth-order valence-electron chi connectivity index (χ4n) is 2.08. The molecular formula is C12H12F3N3. The zero-order chi connectivity index (χ0) is 12.8. The highest BCUT2D eigenvalue weighted by molar-refractivity contribution is 5.79. The van der Waals surface area contributed by atoms with Gasteiger partial charge in [0, 0.05) is 35.5 Å². The number of H-pyrrole nitrogens is 1. The molecule has 0 radical (unpaired) electrons. The second-order valence-corrected chi connectivity index (χ2v) is 4.69. The second kappa shape index (κ2) is 3.71. The molecule has 2 N–H and O–H groups in total. The van der Waals surface area contributed by atoms with Gasteiger partial charge in [-0.05, 0) is 25.0 Å². The second-order valence-electron chi connectivity index (χ2n) is 4.69. The van der Waals surface area contributed by atoms with Crippen LogP contribution in [-0.2, 0) is 6.54 Å². The van der Waals surface area contributed by atoms with E-state index in [0.29, 0.717) is 0 Å². The number of pyridine rings is 1. The molecule has 1 saturated carbocycles. The Kier molecular flexibility index (Phi) is 2.38. The molecule has 18 heavy (non-hydrogen) atoms. The lowest BCUT2D eigenvalue weighted by Gasteiger charge is -2.20. The first-order valence-corrected chi connectivity index (χ1v) is 5.74. The van der Waals surface area contributed by atoms with Crippen LogP contribution < -0.4 is 5.32 Å². The van der Waals surface area contributed by atoms with Crippen molar-refractivity contribution in [1.82, 2.24) is 15.3 Å². The minimum atomic E-state index is -4.17. The molecule has 0 saturated heterocycles. The highest BCUT2D eigenvalue weighted by atomic mass is 19.4. The van der Waals surface area contributed by atoms with E-state index in [-0.39, 0.29) is 19.4 Å². The van der Waals surface area contributed by atoms with Gasteiger partial charge >= 0.3 is 6.18 Å². The molecule has 2 heterocycles. The van der Waals surface area contributed by atoms with E-state index in [9.17, 15) is 13.2 Å². The van der Waals surface area contributed by atoms with Gasteiger partial charge in [0.25, 0.3) is 0 Å². The molecule has 0 aliphatic heterocycles. The summed E-state index contributed by atoms with van der Waals surface area (Å²) in [5, 5.41) is 3.52. The third-order valence-electron chi connectivity index (χ3n) is 3.39. The summed E-state index contributed by atoms with van der Waals surface area (Å²) in [6.07, 6.45) is -0.503. The molecule has 0 unspecified atom stereocenters. The van der Waals surface area contributed by atoms with Crippen LogP contribution in [0.3, 0.4) is 0 Å². The van der Waals surface area contributed by atoms with Gasteiger partial charge in [0.05, 0.1) is 0 Å².